The number of nitrogens with zero attached hydrogens (tertiary/aromatic N) is 3. The lowest BCUT2D eigenvalue weighted by Crippen LogP contribution is -2.44. The standard InChI is InChI=1S/C16H25N5O2/c1-12(2)10-19-14(22)15(23)20-11-13-4-8-21(9-5-13)16-17-6-3-7-18-16/h3,6-7,12-13H,4-5,8-11H2,1-2H3,(H,19,22)(H,20,23). The van der Waals surface area contributed by atoms with Crippen LogP contribution in [0.1, 0.15) is 26.7 Å². The molecule has 126 valence electrons. The first-order chi connectivity index (χ1) is 11.1. The number of piperidine rings is 1. The van der Waals surface area contributed by atoms with E-state index in [4.69, 9.17) is 0 Å². The highest BCUT2D eigenvalue weighted by molar-refractivity contribution is 6.35. The van der Waals surface area contributed by atoms with Crippen molar-refractivity contribution in [1.82, 2.24) is 20.6 Å². The predicted octanol–water partition coefficient (Wildman–Crippen LogP) is 0.581. The van der Waals surface area contributed by atoms with Crippen LogP contribution in [0.25, 0.3) is 0 Å². The Bertz CT molecular complexity index is 512. The van der Waals surface area contributed by atoms with E-state index in [-0.39, 0.29) is 0 Å². The molecule has 1 aromatic rings. The van der Waals surface area contributed by atoms with E-state index in [9.17, 15) is 9.59 Å². The zero-order valence-electron chi connectivity index (χ0n) is 13.8. The van der Waals surface area contributed by atoms with Gasteiger partial charge in [-0.2, -0.15) is 0 Å². The highest BCUT2D eigenvalue weighted by Gasteiger charge is 2.22. The molecule has 2 rings (SSSR count). The largest absolute Gasteiger partial charge is 0.348 e. The molecule has 0 radical (unpaired) electrons. The van der Waals surface area contributed by atoms with E-state index in [1.165, 1.54) is 0 Å². The summed E-state index contributed by atoms with van der Waals surface area (Å²) in [6.07, 6.45) is 5.38. The second kappa shape index (κ2) is 8.45. The van der Waals surface area contributed by atoms with Gasteiger partial charge in [0.25, 0.3) is 0 Å². The van der Waals surface area contributed by atoms with Crippen LogP contribution in [-0.4, -0.2) is 48.0 Å². The van der Waals surface area contributed by atoms with E-state index in [1.807, 2.05) is 13.8 Å². The molecule has 0 saturated carbocycles. The zero-order chi connectivity index (χ0) is 16.7. The average Bonchev–Trinajstić information content (AvgIpc) is 2.58. The van der Waals surface area contributed by atoms with Gasteiger partial charge in [0, 0.05) is 38.6 Å². The molecule has 0 aromatic carbocycles. The molecule has 2 heterocycles. The third kappa shape index (κ3) is 5.50. The van der Waals surface area contributed by atoms with Crippen LogP contribution < -0.4 is 15.5 Å². The van der Waals surface area contributed by atoms with Crippen molar-refractivity contribution in [1.29, 1.82) is 0 Å². The van der Waals surface area contributed by atoms with Crippen molar-refractivity contribution in [2.75, 3.05) is 31.1 Å². The fraction of sp³-hybridized carbons (Fsp3) is 0.625. The minimum atomic E-state index is -0.547. The van der Waals surface area contributed by atoms with Gasteiger partial charge in [0.05, 0.1) is 0 Å². The number of hydrogen-bond donors (Lipinski definition) is 2. The van der Waals surface area contributed by atoms with Crippen LogP contribution in [-0.2, 0) is 9.59 Å². The van der Waals surface area contributed by atoms with Gasteiger partial charge in [-0.15, -0.1) is 0 Å². The summed E-state index contributed by atoms with van der Waals surface area (Å²) in [6.45, 7) is 6.76. The normalized spacial score (nSPS) is 15.5. The Balaban J connectivity index is 1.68. The van der Waals surface area contributed by atoms with E-state index < -0.39 is 11.8 Å². The summed E-state index contributed by atoms with van der Waals surface area (Å²) in [6, 6.07) is 1.80. The molecule has 1 fully saturated rings. The molecule has 2 amide bonds. The first-order valence-corrected chi connectivity index (χ1v) is 8.14. The number of aromatic nitrogens is 2. The van der Waals surface area contributed by atoms with Crippen LogP contribution in [0.15, 0.2) is 18.5 Å². The van der Waals surface area contributed by atoms with Gasteiger partial charge in [-0.1, -0.05) is 13.8 Å². The molecule has 0 spiro atoms. The molecule has 7 heteroatoms. The lowest BCUT2D eigenvalue weighted by molar-refractivity contribution is -0.139. The van der Waals surface area contributed by atoms with Gasteiger partial charge in [-0.25, -0.2) is 9.97 Å². The number of hydrogen-bond acceptors (Lipinski definition) is 5. The summed E-state index contributed by atoms with van der Waals surface area (Å²) in [5, 5.41) is 5.35. The van der Waals surface area contributed by atoms with Gasteiger partial charge >= 0.3 is 11.8 Å². The smallest absolute Gasteiger partial charge is 0.309 e. The van der Waals surface area contributed by atoms with Gasteiger partial charge in [0.1, 0.15) is 0 Å². The SMILES string of the molecule is CC(C)CNC(=O)C(=O)NCC1CCN(c2ncccn2)CC1. The zero-order valence-corrected chi connectivity index (χ0v) is 13.8. The third-order valence-corrected chi connectivity index (χ3v) is 3.88. The molecule has 1 saturated heterocycles. The Kier molecular flexibility index (Phi) is 6.31. The molecular weight excluding hydrogens is 294 g/mol. The molecule has 1 aliphatic heterocycles. The Morgan fingerprint density at radius 2 is 1.78 bits per heavy atom. The topological polar surface area (TPSA) is 87.2 Å². The van der Waals surface area contributed by atoms with Crippen LogP contribution in [0.4, 0.5) is 5.95 Å². The van der Waals surface area contributed by atoms with Crippen molar-refractivity contribution in [3.05, 3.63) is 18.5 Å². The Morgan fingerprint density at radius 1 is 1.17 bits per heavy atom. The first kappa shape index (κ1) is 17.2. The van der Waals surface area contributed by atoms with Gasteiger partial charge in [-0.05, 0) is 30.7 Å². The Labute approximate surface area is 136 Å². The third-order valence-electron chi connectivity index (χ3n) is 3.88. The van der Waals surface area contributed by atoms with Crippen LogP contribution in [0, 0.1) is 11.8 Å². The molecule has 23 heavy (non-hydrogen) atoms. The molecule has 2 N–H and O–H groups in total. The average molecular weight is 319 g/mol. The predicted molar refractivity (Wildman–Crippen MR) is 87.8 cm³/mol. The molecule has 1 aromatic heterocycles. The fourth-order valence-electron chi connectivity index (χ4n) is 2.49. The first-order valence-electron chi connectivity index (χ1n) is 8.14. The number of carbonyl (C=O) groups excluding carboxylic acids is 2. The number of amides is 2. The fourth-order valence-corrected chi connectivity index (χ4v) is 2.49. The second-order valence-electron chi connectivity index (χ2n) is 6.29. The van der Waals surface area contributed by atoms with Crippen molar-refractivity contribution in [3.63, 3.8) is 0 Å². The van der Waals surface area contributed by atoms with Crippen LogP contribution in [0.2, 0.25) is 0 Å². The van der Waals surface area contributed by atoms with Gasteiger partial charge in [0.2, 0.25) is 5.95 Å². The molecule has 0 aliphatic carbocycles. The molecular formula is C16H25N5O2. The summed E-state index contributed by atoms with van der Waals surface area (Å²) in [5.41, 5.74) is 0. The van der Waals surface area contributed by atoms with E-state index in [0.29, 0.717) is 24.9 Å². The number of carbonyl (C=O) groups is 2. The van der Waals surface area contributed by atoms with Crippen molar-refractivity contribution >= 4 is 17.8 Å². The number of nitrogens with one attached hydrogen (secondary N) is 2. The lowest BCUT2D eigenvalue weighted by atomic mass is 9.97. The number of anilines is 1. The Morgan fingerprint density at radius 3 is 2.39 bits per heavy atom. The Hall–Kier alpha value is -2.18. The summed E-state index contributed by atoms with van der Waals surface area (Å²) in [5.74, 6) is 0.379. The van der Waals surface area contributed by atoms with E-state index >= 15 is 0 Å². The van der Waals surface area contributed by atoms with E-state index in [0.717, 1.165) is 31.9 Å². The highest BCUT2D eigenvalue weighted by Crippen LogP contribution is 2.19. The molecule has 1 aliphatic rings. The molecule has 0 unspecified atom stereocenters. The van der Waals surface area contributed by atoms with E-state index in [1.54, 1.807) is 18.5 Å². The molecule has 0 atom stereocenters. The molecule has 0 bridgehead atoms. The van der Waals surface area contributed by atoms with Crippen LogP contribution in [0.3, 0.4) is 0 Å². The van der Waals surface area contributed by atoms with E-state index in [2.05, 4.69) is 25.5 Å². The summed E-state index contributed by atoms with van der Waals surface area (Å²) in [7, 11) is 0. The maximum atomic E-state index is 11.7. The minimum Gasteiger partial charge on any atom is -0.348 e. The monoisotopic (exact) mass is 319 g/mol. The van der Waals surface area contributed by atoms with Gasteiger partial charge in [-0.3, -0.25) is 9.59 Å². The van der Waals surface area contributed by atoms with Gasteiger partial charge in [0.15, 0.2) is 0 Å². The van der Waals surface area contributed by atoms with Gasteiger partial charge < -0.3 is 15.5 Å². The lowest BCUT2D eigenvalue weighted by Gasteiger charge is -2.31. The minimum absolute atomic E-state index is 0.330. The van der Waals surface area contributed by atoms with Crippen molar-refractivity contribution in [3.8, 4) is 0 Å². The summed E-state index contributed by atoms with van der Waals surface area (Å²) >= 11 is 0. The van der Waals surface area contributed by atoms with Crippen molar-refractivity contribution in [2.24, 2.45) is 11.8 Å². The maximum Gasteiger partial charge on any atom is 0.309 e. The highest BCUT2D eigenvalue weighted by atomic mass is 16.2. The summed E-state index contributed by atoms with van der Waals surface area (Å²) in [4.78, 5) is 34.0. The van der Waals surface area contributed by atoms with Crippen molar-refractivity contribution in [2.45, 2.75) is 26.7 Å². The van der Waals surface area contributed by atoms with Crippen LogP contribution in [0.5, 0.6) is 0 Å². The quantitative estimate of drug-likeness (QED) is 0.775. The maximum absolute atomic E-state index is 11.7. The number of rotatable bonds is 5. The second-order valence-corrected chi connectivity index (χ2v) is 6.29. The van der Waals surface area contributed by atoms with Crippen molar-refractivity contribution < 1.29 is 9.59 Å². The molecule has 7 nitrogen and oxygen atoms in total. The summed E-state index contributed by atoms with van der Waals surface area (Å²) < 4.78 is 0. The van der Waals surface area contributed by atoms with Crippen LogP contribution >= 0.6 is 0 Å².